The molecule has 0 spiro atoms. The normalized spacial score (nSPS) is 10.7. The van der Waals surface area contributed by atoms with Gasteiger partial charge in [0.05, 0.1) is 13.3 Å². The molecule has 0 unspecified atom stereocenters. The topological polar surface area (TPSA) is 116 Å². The Morgan fingerprint density at radius 1 is 1.55 bits per heavy atom. The van der Waals surface area contributed by atoms with Gasteiger partial charge in [-0.1, -0.05) is 15.9 Å². The molecule has 2 rings (SSSR count). The van der Waals surface area contributed by atoms with E-state index in [1.54, 1.807) is 19.2 Å². The summed E-state index contributed by atoms with van der Waals surface area (Å²) < 4.78 is 10.3. The van der Waals surface area contributed by atoms with E-state index in [1.165, 1.54) is 6.21 Å². The Morgan fingerprint density at radius 3 is 3.00 bits per heavy atom. The largest absolute Gasteiger partial charge is 0.496 e. The summed E-state index contributed by atoms with van der Waals surface area (Å²) in [5.74, 6) is -0.0967. The Morgan fingerprint density at radius 2 is 2.35 bits per heavy atom. The van der Waals surface area contributed by atoms with Gasteiger partial charge in [0.25, 0.3) is 5.91 Å². The van der Waals surface area contributed by atoms with Crippen molar-refractivity contribution in [2.75, 3.05) is 12.8 Å². The number of nitrogens with zero attached hydrogens (tertiary/aromatic N) is 3. The van der Waals surface area contributed by atoms with Crippen molar-refractivity contribution in [2.45, 2.75) is 0 Å². The lowest BCUT2D eigenvalue weighted by Gasteiger charge is -2.04. The predicted octanol–water partition coefficient (Wildman–Crippen LogP) is 1.19. The number of nitrogens with one attached hydrogen (secondary N) is 1. The standard InChI is InChI=1S/C11H10BrN5O3/c1-19-8-3-2-7(12)4-6(8)5-14-15-11(18)9-10(13)17-20-16-9/h2-5H,1H3,(H2,13,17)(H,15,18)/b14-5+. The van der Waals surface area contributed by atoms with Crippen LogP contribution < -0.4 is 15.9 Å². The number of hydrazone groups is 1. The molecule has 0 aliphatic heterocycles. The number of nitrogen functional groups attached to an aromatic ring is 1. The van der Waals surface area contributed by atoms with Crippen molar-refractivity contribution < 1.29 is 14.2 Å². The first-order valence-corrected chi connectivity index (χ1v) is 6.16. The van der Waals surface area contributed by atoms with E-state index in [0.717, 1.165) is 4.47 Å². The van der Waals surface area contributed by atoms with Gasteiger partial charge in [-0.25, -0.2) is 10.1 Å². The molecule has 1 aromatic carbocycles. The second-order valence-corrected chi connectivity index (χ2v) is 4.50. The highest BCUT2D eigenvalue weighted by Crippen LogP contribution is 2.21. The molecule has 20 heavy (non-hydrogen) atoms. The van der Waals surface area contributed by atoms with Crippen LogP contribution in [0.3, 0.4) is 0 Å². The third-order valence-corrected chi connectivity index (χ3v) is 2.78. The van der Waals surface area contributed by atoms with Gasteiger partial charge in [-0.05, 0) is 28.5 Å². The molecule has 0 saturated heterocycles. The summed E-state index contributed by atoms with van der Waals surface area (Å²) in [7, 11) is 1.54. The molecule has 0 radical (unpaired) electrons. The van der Waals surface area contributed by atoms with E-state index < -0.39 is 5.91 Å². The van der Waals surface area contributed by atoms with Crippen LogP contribution in [0.2, 0.25) is 0 Å². The van der Waals surface area contributed by atoms with Crippen molar-refractivity contribution in [1.82, 2.24) is 15.7 Å². The van der Waals surface area contributed by atoms with Crippen LogP contribution >= 0.6 is 15.9 Å². The molecule has 8 nitrogen and oxygen atoms in total. The van der Waals surface area contributed by atoms with Crippen LogP contribution in [-0.4, -0.2) is 29.5 Å². The number of nitrogens with two attached hydrogens (primary N) is 1. The van der Waals surface area contributed by atoms with Crippen molar-refractivity contribution in [3.8, 4) is 5.75 Å². The summed E-state index contributed by atoms with van der Waals surface area (Å²) in [5, 5.41) is 10.5. The molecule has 1 amide bonds. The minimum Gasteiger partial charge on any atom is -0.496 e. The SMILES string of the molecule is COc1ccc(Br)cc1/C=N/NC(=O)c1nonc1N. The molecule has 0 aliphatic rings. The highest BCUT2D eigenvalue weighted by molar-refractivity contribution is 9.10. The van der Waals surface area contributed by atoms with Crippen molar-refractivity contribution >= 4 is 33.9 Å². The number of methoxy groups -OCH3 is 1. The summed E-state index contributed by atoms with van der Waals surface area (Å²) in [5.41, 5.74) is 8.21. The highest BCUT2D eigenvalue weighted by atomic mass is 79.9. The van der Waals surface area contributed by atoms with Crippen LogP contribution in [0.25, 0.3) is 0 Å². The van der Waals surface area contributed by atoms with Gasteiger partial charge in [0.1, 0.15) is 5.75 Å². The van der Waals surface area contributed by atoms with Gasteiger partial charge >= 0.3 is 0 Å². The Bertz CT molecular complexity index is 655. The monoisotopic (exact) mass is 339 g/mol. The van der Waals surface area contributed by atoms with Crippen LogP contribution in [0.5, 0.6) is 5.75 Å². The third kappa shape index (κ3) is 3.12. The Balaban J connectivity index is 2.09. The Labute approximate surface area is 122 Å². The highest BCUT2D eigenvalue weighted by Gasteiger charge is 2.14. The van der Waals surface area contributed by atoms with E-state index in [-0.39, 0.29) is 11.5 Å². The predicted molar refractivity (Wildman–Crippen MR) is 74.5 cm³/mol. The van der Waals surface area contributed by atoms with Gasteiger partial charge in [0.15, 0.2) is 0 Å². The summed E-state index contributed by atoms with van der Waals surface area (Å²) >= 11 is 3.34. The lowest BCUT2D eigenvalue weighted by Crippen LogP contribution is -2.19. The number of anilines is 1. The fourth-order valence-electron chi connectivity index (χ4n) is 1.37. The van der Waals surface area contributed by atoms with E-state index in [1.807, 2.05) is 6.07 Å². The molecule has 0 bridgehead atoms. The van der Waals surface area contributed by atoms with Gasteiger partial charge in [0.2, 0.25) is 11.5 Å². The zero-order valence-electron chi connectivity index (χ0n) is 10.3. The summed E-state index contributed by atoms with van der Waals surface area (Å²) in [6.45, 7) is 0. The number of halogens is 1. The number of hydrogen-bond donors (Lipinski definition) is 2. The molecule has 9 heteroatoms. The van der Waals surface area contributed by atoms with E-state index >= 15 is 0 Å². The van der Waals surface area contributed by atoms with Crippen molar-refractivity contribution in [1.29, 1.82) is 0 Å². The molecule has 0 saturated carbocycles. The van der Waals surface area contributed by atoms with E-state index in [9.17, 15) is 4.79 Å². The second-order valence-electron chi connectivity index (χ2n) is 3.58. The van der Waals surface area contributed by atoms with Crippen LogP contribution in [0.15, 0.2) is 32.4 Å². The average molecular weight is 340 g/mol. The lowest BCUT2D eigenvalue weighted by molar-refractivity contribution is 0.0946. The van der Waals surface area contributed by atoms with E-state index in [0.29, 0.717) is 11.3 Å². The van der Waals surface area contributed by atoms with Gasteiger partial charge < -0.3 is 10.5 Å². The third-order valence-electron chi connectivity index (χ3n) is 2.29. The maximum atomic E-state index is 11.6. The minimum atomic E-state index is -0.617. The molecule has 1 aromatic heterocycles. The fraction of sp³-hybridized carbons (Fsp3) is 0.0909. The van der Waals surface area contributed by atoms with Gasteiger partial charge in [-0.2, -0.15) is 5.10 Å². The molecule has 0 fully saturated rings. The van der Waals surface area contributed by atoms with Crippen LogP contribution in [-0.2, 0) is 0 Å². The molecular formula is C11H10BrN5O3. The first kappa shape index (κ1) is 14.0. The molecule has 3 N–H and O–H groups in total. The molecule has 0 aliphatic carbocycles. The second kappa shape index (κ2) is 6.15. The molecule has 1 heterocycles. The summed E-state index contributed by atoms with van der Waals surface area (Å²) in [6.07, 6.45) is 1.44. The number of hydrogen-bond acceptors (Lipinski definition) is 7. The number of carbonyl (C=O) groups excluding carboxylic acids is 1. The number of ether oxygens (including phenoxy) is 1. The number of carbonyl (C=O) groups is 1. The molecule has 2 aromatic rings. The Hall–Kier alpha value is -2.42. The van der Waals surface area contributed by atoms with Crippen LogP contribution in [0.4, 0.5) is 5.82 Å². The zero-order valence-corrected chi connectivity index (χ0v) is 11.9. The average Bonchev–Trinajstić information content (AvgIpc) is 2.85. The maximum absolute atomic E-state index is 11.6. The van der Waals surface area contributed by atoms with Gasteiger partial charge in [0, 0.05) is 10.0 Å². The quantitative estimate of drug-likeness (QED) is 0.638. The van der Waals surface area contributed by atoms with Crippen LogP contribution in [0, 0.1) is 0 Å². The van der Waals surface area contributed by atoms with Crippen LogP contribution in [0.1, 0.15) is 16.1 Å². The lowest BCUT2D eigenvalue weighted by atomic mass is 10.2. The maximum Gasteiger partial charge on any atom is 0.297 e. The minimum absolute atomic E-state index is 0.0993. The Kier molecular flexibility index (Phi) is 4.31. The first-order chi connectivity index (χ1) is 9.61. The van der Waals surface area contributed by atoms with Crippen molar-refractivity contribution in [2.24, 2.45) is 5.10 Å². The zero-order chi connectivity index (χ0) is 14.5. The smallest absolute Gasteiger partial charge is 0.297 e. The number of rotatable bonds is 4. The number of aromatic nitrogens is 2. The van der Waals surface area contributed by atoms with Gasteiger partial charge in [-0.3, -0.25) is 4.79 Å². The van der Waals surface area contributed by atoms with Gasteiger partial charge in [-0.15, -0.1) is 0 Å². The van der Waals surface area contributed by atoms with Crippen molar-refractivity contribution in [3.63, 3.8) is 0 Å². The fourth-order valence-corrected chi connectivity index (χ4v) is 1.75. The molecular weight excluding hydrogens is 330 g/mol. The van der Waals surface area contributed by atoms with E-state index in [2.05, 4.69) is 41.4 Å². The molecule has 104 valence electrons. The molecule has 0 atom stereocenters. The number of amides is 1. The summed E-state index contributed by atoms with van der Waals surface area (Å²) in [4.78, 5) is 11.6. The van der Waals surface area contributed by atoms with Crippen molar-refractivity contribution in [3.05, 3.63) is 33.9 Å². The van der Waals surface area contributed by atoms with E-state index in [4.69, 9.17) is 10.5 Å². The first-order valence-electron chi connectivity index (χ1n) is 5.37. The number of benzene rings is 1. The summed E-state index contributed by atoms with van der Waals surface area (Å²) in [6, 6.07) is 5.39.